The molecule has 0 saturated heterocycles. The molecule has 0 heterocycles. The van der Waals surface area contributed by atoms with Crippen LogP contribution >= 0.6 is 11.6 Å². The van der Waals surface area contributed by atoms with Crippen LogP contribution in [0.15, 0.2) is 12.1 Å². The molecule has 0 unspecified atom stereocenters. The Morgan fingerprint density at radius 3 is 1.04 bits per heavy atom. The van der Waals surface area contributed by atoms with Crippen molar-refractivity contribution in [2.75, 3.05) is 19.8 Å². The summed E-state index contributed by atoms with van der Waals surface area (Å²) in [4.78, 5) is 12.4. The van der Waals surface area contributed by atoms with Gasteiger partial charge in [0, 0.05) is 0 Å². The molecule has 0 saturated carbocycles. The third-order valence-electron chi connectivity index (χ3n) is 9.53. The Morgan fingerprint density at radius 1 is 0.417 bits per heavy atom. The maximum absolute atomic E-state index is 12.4. The van der Waals surface area contributed by atoms with Gasteiger partial charge in [0.15, 0.2) is 11.5 Å². The van der Waals surface area contributed by atoms with E-state index in [4.69, 9.17) is 25.8 Å². The number of rotatable bonds is 37. The molecular weight excluding hydrogens is 616 g/mol. The Kier molecular flexibility index (Phi) is 31.6. The van der Waals surface area contributed by atoms with Crippen LogP contribution in [0.3, 0.4) is 0 Å². The van der Waals surface area contributed by atoms with Crippen molar-refractivity contribution in [2.45, 2.75) is 213 Å². The van der Waals surface area contributed by atoms with Gasteiger partial charge in [-0.1, -0.05) is 194 Å². The molecule has 0 aliphatic rings. The Hall–Kier alpha value is -1.42. The number of carbonyl (C=O) groups is 1. The van der Waals surface area contributed by atoms with Gasteiger partial charge in [-0.15, -0.1) is 0 Å². The Balaban J connectivity index is 2.62. The van der Waals surface area contributed by atoms with Gasteiger partial charge >= 0.3 is 0 Å². The number of halogens is 1. The topological polar surface area (TPSA) is 44.8 Å². The predicted molar refractivity (Wildman–Crippen MR) is 209 cm³/mol. The van der Waals surface area contributed by atoms with Gasteiger partial charge in [0.2, 0.25) is 5.75 Å². The van der Waals surface area contributed by atoms with Crippen LogP contribution in [-0.4, -0.2) is 25.1 Å². The van der Waals surface area contributed by atoms with Crippen LogP contribution in [0.5, 0.6) is 17.2 Å². The van der Waals surface area contributed by atoms with E-state index >= 15 is 0 Å². The Morgan fingerprint density at radius 2 is 0.708 bits per heavy atom. The fourth-order valence-corrected chi connectivity index (χ4v) is 6.54. The van der Waals surface area contributed by atoms with Gasteiger partial charge in [-0.05, 0) is 43.0 Å². The normalized spacial score (nSPS) is 11.2. The maximum Gasteiger partial charge on any atom is 0.256 e. The van der Waals surface area contributed by atoms with E-state index < -0.39 is 5.24 Å². The lowest BCUT2D eigenvalue weighted by Gasteiger charge is -2.19. The molecule has 1 rings (SSSR count). The van der Waals surface area contributed by atoms with Crippen molar-refractivity contribution in [2.24, 2.45) is 0 Å². The minimum atomic E-state index is -0.516. The number of benzene rings is 1. The summed E-state index contributed by atoms with van der Waals surface area (Å²) < 4.78 is 18.9. The van der Waals surface area contributed by atoms with Crippen molar-refractivity contribution in [3.63, 3.8) is 0 Å². The molecule has 0 aromatic heterocycles. The van der Waals surface area contributed by atoms with Crippen LogP contribution in [0, 0.1) is 0 Å². The summed E-state index contributed by atoms with van der Waals surface area (Å²) >= 11 is 6.05. The highest BCUT2D eigenvalue weighted by molar-refractivity contribution is 6.68. The lowest BCUT2D eigenvalue weighted by molar-refractivity contribution is 0.107. The van der Waals surface area contributed by atoms with Crippen molar-refractivity contribution in [3.05, 3.63) is 17.7 Å². The molecule has 48 heavy (non-hydrogen) atoms. The first-order valence-electron chi connectivity index (χ1n) is 20.9. The standard InChI is InChI=1S/C43H77ClO4/c1-4-7-10-13-16-19-22-25-28-31-36-46-40-35-34-39(43(44)45)41(47-37-32-29-26-23-20-17-14-11-8-5-2)42(40)48-38-33-30-27-24-21-18-15-12-9-6-3/h34-35H,4-33,36-38H2,1-3H3. The molecule has 0 aliphatic heterocycles. The molecule has 5 heteroatoms. The summed E-state index contributed by atoms with van der Waals surface area (Å²) in [5, 5.41) is -0.516. The number of unbranched alkanes of at least 4 members (excludes halogenated alkanes) is 27. The van der Waals surface area contributed by atoms with E-state index in [2.05, 4.69) is 20.8 Å². The van der Waals surface area contributed by atoms with Gasteiger partial charge in [0.1, 0.15) is 0 Å². The number of hydrogen-bond donors (Lipinski definition) is 0. The van der Waals surface area contributed by atoms with E-state index in [1.165, 1.54) is 161 Å². The maximum atomic E-state index is 12.4. The Bertz CT molecular complexity index is 857. The molecule has 0 radical (unpaired) electrons. The summed E-state index contributed by atoms with van der Waals surface area (Å²) in [5.41, 5.74) is 0.369. The third kappa shape index (κ3) is 24.7. The molecule has 1 aromatic carbocycles. The molecule has 0 fully saturated rings. The highest BCUT2D eigenvalue weighted by atomic mass is 35.5. The zero-order chi connectivity index (χ0) is 34.8. The highest BCUT2D eigenvalue weighted by Crippen LogP contribution is 2.41. The van der Waals surface area contributed by atoms with E-state index in [1.54, 1.807) is 6.07 Å². The largest absolute Gasteiger partial charge is 0.490 e. The lowest BCUT2D eigenvalue weighted by atomic mass is 10.1. The van der Waals surface area contributed by atoms with Gasteiger partial charge in [-0.2, -0.15) is 0 Å². The summed E-state index contributed by atoms with van der Waals surface area (Å²) in [6, 6.07) is 3.58. The van der Waals surface area contributed by atoms with Crippen molar-refractivity contribution in [3.8, 4) is 17.2 Å². The van der Waals surface area contributed by atoms with Crippen LogP contribution in [0.25, 0.3) is 0 Å². The molecule has 0 spiro atoms. The van der Waals surface area contributed by atoms with Crippen LogP contribution < -0.4 is 14.2 Å². The summed E-state index contributed by atoms with van der Waals surface area (Å²) in [6.07, 6.45) is 38.3. The molecule has 1 aromatic rings. The average Bonchev–Trinajstić information content (AvgIpc) is 3.08. The second-order valence-electron chi connectivity index (χ2n) is 14.1. The quantitative estimate of drug-likeness (QED) is 0.0514. The molecule has 0 bridgehead atoms. The first-order chi connectivity index (χ1) is 23.7. The molecule has 4 nitrogen and oxygen atoms in total. The molecule has 0 aliphatic carbocycles. The molecule has 0 amide bonds. The zero-order valence-electron chi connectivity index (χ0n) is 32.0. The number of ether oxygens (including phenoxy) is 3. The predicted octanol–water partition coefficient (Wildman–Crippen LogP) is 15.0. The van der Waals surface area contributed by atoms with Crippen LogP contribution in [0.4, 0.5) is 0 Å². The second-order valence-corrected chi connectivity index (χ2v) is 14.5. The van der Waals surface area contributed by atoms with E-state index in [-0.39, 0.29) is 0 Å². The van der Waals surface area contributed by atoms with E-state index in [9.17, 15) is 4.79 Å². The molecular formula is C43H77ClO4. The summed E-state index contributed by atoms with van der Waals surface area (Å²) in [5.74, 6) is 1.67. The van der Waals surface area contributed by atoms with Crippen LogP contribution in [0.1, 0.15) is 224 Å². The fraction of sp³-hybridized carbons (Fsp3) is 0.837. The first-order valence-corrected chi connectivity index (χ1v) is 21.3. The average molecular weight is 694 g/mol. The van der Waals surface area contributed by atoms with E-state index in [1.807, 2.05) is 6.07 Å². The van der Waals surface area contributed by atoms with Gasteiger partial charge in [-0.25, -0.2) is 0 Å². The van der Waals surface area contributed by atoms with Crippen molar-refractivity contribution in [1.29, 1.82) is 0 Å². The first kappa shape index (κ1) is 44.6. The van der Waals surface area contributed by atoms with Gasteiger partial charge in [0.05, 0.1) is 25.4 Å². The smallest absolute Gasteiger partial charge is 0.256 e. The van der Waals surface area contributed by atoms with Gasteiger partial charge < -0.3 is 14.2 Å². The number of hydrogen-bond acceptors (Lipinski definition) is 4. The third-order valence-corrected chi connectivity index (χ3v) is 9.74. The SMILES string of the molecule is CCCCCCCCCCCCOc1ccc(C(=O)Cl)c(OCCCCCCCCCCCC)c1OCCCCCCCCCCCC. The van der Waals surface area contributed by atoms with Crippen molar-refractivity contribution >= 4 is 16.8 Å². The fourth-order valence-electron chi connectivity index (χ4n) is 6.39. The minimum Gasteiger partial charge on any atom is -0.490 e. The van der Waals surface area contributed by atoms with E-state index in [0.717, 1.165) is 32.1 Å². The minimum absolute atomic E-state index is 0.369. The van der Waals surface area contributed by atoms with Crippen LogP contribution in [0.2, 0.25) is 0 Å². The summed E-state index contributed by atoms with van der Waals surface area (Å²) in [7, 11) is 0. The van der Waals surface area contributed by atoms with Crippen molar-refractivity contribution < 1.29 is 19.0 Å². The molecule has 0 N–H and O–H groups in total. The zero-order valence-corrected chi connectivity index (χ0v) is 32.8. The highest BCUT2D eigenvalue weighted by Gasteiger charge is 2.21. The van der Waals surface area contributed by atoms with E-state index in [0.29, 0.717) is 42.6 Å². The van der Waals surface area contributed by atoms with Gasteiger partial charge in [0.25, 0.3) is 5.24 Å². The Labute approximate surface area is 303 Å². The number of carbonyl (C=O) groups excluding carboxylic acids is 1. The van der Waals surface area contributed by atoms with Gasteiger partial charge in [-0.3, -0.25) is 4.79 Å². The molecule has 280 valence electrons. The van der Waals surface area contributed by atoms with Crippen LogP contribution in [-0.2, 0) is 0 Å². The molecule has 0 atom stereocenters. The second kappa shape index (κ2) is 34.0. The summed E-state index contributed by atoms with van der Waals surface area (Å²) in [6.45, 7) is 8.58. The lowest BCUT2D eigenvalue weighted by Crippen LogP contribution is -2.09. The van der Waals surface area contributed by atoms with Crippen molar-refractivity contribution in [1.82, 2.24) is 0 Å². The monoisotopic (exact) mass is 693 g/mol.